The Hall–Kier alpha value is -1.89. The molecule has 0 radical (unpaired) electrons. The topological polar surface area (TPSA) is 72.5 Å². The van der Waals surface area contributed by atoms with E-state index in [1.807, 2.05) is 4.90 Å². The summed E-state index contributed by atoms with van der Waals surface area (Å²) in [5.41, 5.74) is 1.90. The molecule has 7 heteroatoms. The molecule has 28 heavy (non-hydrogen) atoms. The number of likely N-dealkylation sites (tertiary alicyclic amines) is 2. The monoisotopic (exact) mass is 385 g/mol. The van der Waals surface area contributed by atoms with Gasteiger partial charge in [0.2, 0.25) is 11.8 Å². The summed E-state index contributed by atoms with van der Waals surface area (Å²) >= 11 is 0. The van der Waals surface area contributed by atoms with Crippen LogP contribution in [0, 0.1) is 5.92 Å². The van der Waals surface area contributed by atoms with E-state index in [1.54, 1.807) is 6.33 Å². The number of amides is 2. The van der Waals surface area contributed by atoms with Gasteiger partial charge < -0.3 is 14.8 Å². The van der Waals surface area contributed by atoms with E-state index in [4.69, 9.17) is 0 Å². The Bertz CT molecular complexity index is 763. The fourth-order valence-corrected chi connectivity index (χ4v) is 5.65. The van der Waals surface area contributed by atoms with Gasteiger partial charge >= 0.3 is 0 Å². The maximum absolute atomic E-state index is 13.2. The van der Waals surface area contributed by atoms with Gasteiger partial charge in [-0.1, -0.05) is 6.92 Å². The Morgan fingerprint density at radius 2 is 1.93 bits per heavy atom. The summed E-state index contributed by atoms with van der Waals surface area (Å²) in [6.45, 7) is 6.31. The first-order valence-electron chi connectivity index (χ1n) is 11.0. The van der Waals surface area contributed by atoms with Crippen LogP contribution in [-0.2, 0) is 21.5 Å². The maximum Gasteiger partial charge on any atom is 0.239 e. The summed E-state index contributed by atoms with van der Waals surface area (Å²) in [6, 6.07) is 0.0514. The van der Waals surface area contributed by atoms with Gasteiger partial charge in [-0.25, -0.2) is 4.98 Å². The van der Waals surface area contributed by atoms with Crippen LogP contribution in [0.2, 0.25) is 0 Å². The van der Waals surface area contributed by atoms with Crippen molar-refractivity contribution in [3.8, 4) is 0 Å². The predicted molar refractivity (Wildman–Crippen MR) is 104 cm³/mol. The molecule has 4 aliphatic rings. The van der Waals surface area contributed by atoms with Crippen LogP contribution in [0.1, 0.15) is 56.8 Å². The van der Waals surface area contributed by atoms with E-state index >= 15 is 0 Å². The number of hydrogen-bond acceptors (Lipinski definition) is 4. The number of piperidine rings is 1. The minimum absolute atomic E-state index is 0.0514. The van der Waals surface area contributed by atoms with Crippen LogP contribution < -0.4 is 0 Å². The van der Waals surface area contributed by atoms with Gasteiger partial charge in [0.25, 0.3) is 0 Å². The zero-order valence-electron chi connectivity index (χ0n) is 16.8. The van der Waals surface area contributed by atoms with E-state index < -0.39 is 0 Å². The molecule has 1 atom stereocenters. The van der Waals surface area contributed by atoms with Crippen LogP contribution in [0.15, 0.2) is 6.33 Å². The molecule has 0 unspecified atom stereocenters. The highest BCUT2D eigenvalue weighted by molar-refractivity contribution is 5.83. The molecule has 152 valence electrons. The van der Waals surface area contributed by atoms with Gasteiger partial charge in [-0.15, -0.1) is 0 Å². The lowest BCUT2D eigenvalue weighted by Crippen LogP contribution is -2.60. The molecule has 1 aliphatic carbocycles. The lowest BCUT2D eigenvalue weighted by molar-refractivity contribution is -0.147. The average molecular weight is 386 g/mol. The second-order valence-corrected chi connectivity index (χ2v) is 8.89. The second kappa shape index (κ2) is 6.87. The van der Waals surface area contributed by atoms with Crippen molar-refractivity contribution in [3.63, 3.8) is 0 Å². The van der Waals surface area contributed by atoms with Crippen LogP contribution in [0.25, 0.3) is 0 Å². The molecule has 1 N–H and O–H groups in total. The molecular weight excluding hydrogens is 354 g/mol. The Balaban J connectivity index is 1.37. The van der Waals surface area contributed by atoms with E-state index in [-0.39, 0.29) is 23.4 Å². The van der Waals surface area contributed by atoms with Crippen LogP contribution >= 0.6 is 0 Å². The molecule has 7 nitrogen and oxygen atoms in total. The summed E-state index contributed by atoms with van der Waals surface area (Å²) in [4.78, 5) is 40.7. The van der Waals surface area contributed by atoms with Crippen molar-refractivity contribution in [2.24, 2.45) is 5.92 Å². The van der Waals surface area contributed by atoms with Gasteiger partial charge in [-0.3, -0.25) is 14.5 Å². The number of aromatic nitrogens is 2. The van der Waals surface area contributed by atoms with Crippen molar-refractivity contribution >= 4 is 11.8 Å². The molecule has 1 saturated carbocycles. The van der Waals surface area contributed by atoms with Gasteiger partial charge in [0, 0.05) is 37.7 Å². The number of nitrogens with zero attached hydrogens (tertiary/aromatic N) is 4. The average Bonchev–Trinajstić information content (AvgIpc) is 3.26. The normalized spacial score (nSPS) is 27.2. The summed E-state index contributed by atoms with van der Waals surface area (Å²) in [5.74, 6) is 0.808. The van der Waals surface area contributed by atoms with Crippen molar-refractivity contribution < 1.29 is 9.59 Å². The predicted octanol–water partition coefficient (Wildman–Crippen LogP) is 1.51. The lowest BCUT2D eigenvalue weighted by Gasteiger charge is -2.51. The molecule has 2 saturated heterocycles. The number of imidazole rings is 1. The summed E-state index contributed by atoms with van der Waals surface area (Å²) in [5, 5.41) is 0. The molecule has 2 amide bonds. The number of likely N-dealkylation sites (N-methyl/N-ethyl adjacent to an activating group) is 1. The smallest absolute Gasteiger partial charge is 0.239 e. The highest BCUT2D eigenvalue weighted by Crippen LogP contribution is 2.45. The molecule has 4 heterocycles. The van der Waals surface area contributed by atoms with Crippen LogP contribution in [0.5, 0.6) is 0 Å². The lowest BCUT2D eigenvalue weighted by atomic mass is 9.78. The molecule has 0 bridgehead atoms. The first kappa shape index (κ1) is 18.2. The molecular formula is C21H31N5O2. The van der Waals surface area contributed by atoms with Crippen molar-refractivity contribution in [2.45, 2.75) is 63.5 Å². The first-order valence-corrected chi connectivity index (χ1v) is 11.0. The fourth-order valence-electron chi connectivity index (χ4n) is 5.65. The Morgan fingerprint density at radius 3 is 2.64 bits per heavy atom. The number of nitrogens with one attached hydrogen (secondary N) is 1. The van der Waals surface area contributed by atoms with Crippen molar-refractivity contribution in [1.82, 2.24) is 24.7 Å². The van der Waals surface area contributed by atoms with Gasteiger partial charge in [0.05, 0.1) is 23.6 Å². The van der Waals surface area contributed by atoms with Crippen molar-refractivity contribution in [2.75, 3.05) is 32.7 Å². The van der Waals surface area contributed by atoms with Crippen molar-refractivity contribution in [1.29, 1.82) is 0 Å². The standard InChI is InChI=1S/C21H31N5O2/c1-2-24-10-3-4-17(24)20(28)25-12-8-21(9-13-25)18-16(22-14-23-18)7-11-26(21)19(27)15-5-6-15/h14-15,17H,2-13H2,1H3,(H,22,23)/t17-/m0/s1. The SMILES string of the molecule is CCN1CCC[C@H]1C(=O)N1CCC2(CC1)c1nc[nH]c1CCN2C(=O)C1CC1. The van der Waals surface area contributed by atoms with Crippen LogP contribution in [0.3, 0.4) is 0 Å². The molecule has 3 aliphatic heterocycles. The van der Waals surface area contributed by atoms with Crippen LogP contribution in [-0.4, -0.2) is 75.2 Å². The second-order valence-electron chi connectivity index (χ2n) is 8.89. The van der Waals surface area contributed by atoms with E-state index in [0.717, 1.165) is 70.3 Å². The Labute approximate surface area is 166 Å². The van der Waals surface area contributed by atoms with Crippen molar-refractivity contribution in [3.05, 3.63) is 17.7 Å². The number of carbonyl (C=O) groups is 2. The molecule has 5 rings (SSSR count). The van der Waals surface area contributed by atoms with Crippen LogP contribution in [0.4, 0.5) is 0 Å². The van der Waals surface area contributed by atoms with Gasteiger partial charge in [0.1, 0.15) is 0 Å². The number of fused-ring (bicyclic) bond motifs is 2. The number of rotatable bonds is 3. The largest absolute Gasteiger partial charge is 0.348 e. The van der Waals surface area contributed by atoms with E-state index in [2.05, 4.69) is 26.7 Å². The van der Waals surface area contributed by atoms with Gasteiger partial charge in [-0.05, 0) is 51.6 Å². The summed E-state index contributed by atoms with van der Waals surface area (Å²) < 4.78 is 0. The van der Waals surface area contributed by atoms with E-state index in [9.17, 15) is 9.59 Å². The third-order valence-corrected chi connectivity index (χ3v) is 7.41. The number of hydrogen-bond donors (Lipinski definition) is 1. The zero-order chi connectivity index (χ0) is 19.3. The molecule has 1 aromatic rings. The summed E-state index contributed by atoms with van der Waals surface area (Å²) in [6.07, 6.45) is 8.36. The molecule has 1 aromatic heterocycles. The summed E-state index contributed by atoms with van der Waals surface area (Å²) in [7, 11) is 0. The quantitative estimate of drug-likeness (QED) is 0.856. The third-order valence-electron chi connectivity index (χ3n) is 7.41. The number of carbonyl (C=O) groups excluding carboxylic acids is 2. The fraction of sp³-hybridized carbons (Fsp3) is 0.762. The van der Waals surface area contributed by atoms with Gasteiger partial charge in [-0.2, -0.15) is 0 Å². The Kier molecular flexibility index (Phi) is 4.45. The van der Waals surface area contributed by atoms with E-state index in [0.29, 0.717) is 19.0 Å². The number of H-pyrrole nitrogens is 1. The zero-order valence-corrected chi connectivity index (χ0v) is 16.8. The first-order chi connectivity index (χ1) is 13.6. The Morgan fingerprint density at radius 1 is 1.14 bits per heavy atom. The highest BCUT2D eigenvalue weighted by atomic mass is 16.2. The molecule has 3 fully saturated rings. The minimum atomic E-state index is -0.329. The number of aromatic amines is 1. The molecule has 1 spiro atoms. The minimum Gasteiger partial charge on any atom is -0.348 e. The maximum atomic E-state index is 13.2. The third kappa shape index (κ3) is 2.78. The van der Waals surface area contributed by atoms with E-state index in [1.165, 1.54) is 5.69 Å². The molecule has 0 aromatic carbocycles. The highest BCUT2D eigenvalue weighted by Gasteiger charge is 2.51. The van der Waals surface area contributed by atoms with Gasteiger partial charge in [0.15, 0.2) is 0 Å².